The van der Waals surface area contributed by atoms with Crippen LogP contribution in [0, 0.1) is 0 Å². The van der Waals surface area contributed by atoms with Gasteiger partial charge in [-0.15, -0.1) is 0 Å². The summed E-state index contributed by atoms with van der Waals surface area (Å²) in [5, 5.41) is 26.3. The predicted molar refractivity (Wildman–Crippen MR) is 202 cm³/mol. The molecular formula is C37H66N5O9P. The highest BCUT2D eigenvalue weighted by atomic mass is 31.2. The van der Waals surface area contributed by atoms with Gasteiger partial charge in [-0.2, -0.15) is 5.10 Å². The van der Waals surface area contributed by atoms with E-state index < -0.39 is 44.4 Å². The van der Waals surface area contributed by atoms with Crippen LogP contribution >= 0.6 is 7.82 Å². The summed E-state index contributed by atoms with van der Waals surface area (Å²) in [6, 6.07) is 3.27. The van der Waals surface area contributed by atoms with Crippen molar-refractivity contribution in [2.45, 2.75) is 160 Å². The van der Waals surface area contributed by atoms with Crippen molar-refractivity contribution in [3.63, 3.8) is 0 Å². The molecule has 1 aliphatic heterocycles. The van der Waals surface area contributed by atoms with Crippen LogP contribution < -0.4 is 5.73 Å². The van der Waals surface area contributed by atoms with Gasteiger partial charge in [-0.3, -0.25) is 14.0 Å². The molecule has 0 radical (unpaired) electrons. The number of rotatable bonds is 29. The van der Waals surface area contributed by atoms with Gasteiger partial charge >= 0.3 is 7.82 Å². The van der Waals surface area contributed by atoms with Gasteiger partial charge in [0.15, 0.2) is 11.4 Å². The molecule has 2 aromatic rings. The van der Waals surface area contributed by atoms with Crippen LogP contribution in [-0.4, -0.2) is 99.9 Å². The monoisotopic (exact) mass is 755 g/mol. The molecule has 2 aromatic heterocycles. The van der Waals surface area contributed by atoms with E-state index in [-0.39, 0.29) is 25.1 Å². The summed E-state index contributed by atoms with van der Waals surface area (Å²) in [5.74, 6) is 0.210. The molecule has 0 aliphatic carbocycles. The zero-order valence-electron chi connectivity index (χ0n) is 31.9. The lowest BCUT2D eigenvalue weighted by Crippen LogP contribution is -2.43. The second-order valence-electron chi connectivity index (χ2n) is 14.2. The van der Waals surface area contributed by atoms with Crippen LogP contribution in [0.3, 0.4) is 0 Å². The number of ether oxygens (including phenoxy) is 3. The molecule has 0 spiro atoms. The van der Waals surface area contributed by atoms with Crippen LogP contribution in [0.15, 0.2) is 23.5 Å². The van der Waals surface area contributed by atoms with Crippen LogP contribution in [0.25, 0.3) is 5.52 Å². The number of aliphatic hydroxyl groups is 2. The van der Waals surface area contributed by atoms with Crippen molar-refractivity contribution in [3.05, 3.63) is 24.2 Å². The Bertz CT molecular complexity index is 1350. The van der Waals surface area contributed by atoms with Crippen molar-refractivity contribution in [2.75, 3.05) is 39.2 Å². The molecule has 0 saturated carbocycles. The first-order valence-corrected chi connectivity index (χ1v) is 20.9. The van der Waals surface area contributed by atoms with Gasteiger partial charge in [0.25, 0.3) is 0 Å². The summed E-state index contributed by atoms with van der Waals surface area (Å²) >= 11 is 0. The molecule has 1 unspecified atom stereocenters. The fourth-order valence-electron chi connectivity index (χ4n) is 6.67. The number of nitrogens with zero attached hydrogens (tertiary/aromatic N) is 4. The normalized spacial score (nSPS) is 22.6. The van der Waals surface area contributed by atoms with Crippen molar-refractivity contribution in [3.8, 4) is 0 Å². The number of phosphoric ester groups is 1. The minimum Gasteiger partial charge on any atom is -0.387 e. The van der Waals surface area contributed by atoms with Gasteiger partial charge in [-0.1, -0.05) is 103 Å². The minimum atomic E-state index is -4.61. The van der Waals surface area contributed by atoms with Gasteiger partial charge in [0.05, 0.1) is 31.6 Å². The van der Waals surface area contributed by atoms with E-state index in [2.05, 4.69) is 22.0 Å². The number of fused-ring (bicyclic) bond motifs is 1. The highest BCUT2D eigenvalue weighted by Crippen LogP contribution is 2.46. The zero-order chi connectivity index (χ0) is 37.8. The Balaban J connectivity index is 1.33. The third kappa shape index (κ3) is 14.3. The number of unbranched alkanes of at least 4 members (excludes halogenated alkanes) is 15. The number of aliphatic imine (C=N–C) groups is 1. The summed E-state index contributed by atoms with van der Waals surface area (Å²) in [4.78, 5) is 18.5. The molecule has 0 amide bonds. The number of aromatic nitrogens is 3. The number of hydrogen-bond acceptors (Lipinski definition) is 12. The standard InChI is InChI=1S/C37H66N5O9P/c1-5-6-7-8-9-10-11-12-13-14-15-16-17-18-19-20-23-47-24-30(50-29(2)3)25-48-52(45,46)49-26-32-34(43)35(44)37(51-32,27-39-4)33-22-21-31-36(38)40-28-41-42(31)33/h21-22,27-30,32,34-35,43-44H,5-20,23-26H2,1-4H3,(H,45,46)(H2,38,40,41)/t30-,32-,34-,35-,37+/m1/s1. The fraction of sp³-hybridized carbons (Fsp3) is 0.811. The van der Waals surface area contributed by atoms with Gasteiger partial charge in [0, 0.05) is 19.9 Å². The highest BCUT2D eigenvalue weighted by Gasteiger charge is 2.56. The first kappa shape index (κ1) is 44.4. The summed E-state index contributed by atoms with van der Waals surface area (Å²) in [6.45, 7) is 5.96. The Kier molecular flexibility index (Phi) is 20.2. The maximum atomic E-state index is 12.9. The first-order valence-electron chi connectivity index (χ1n) is 19.5. The van der Waals surface area contributed by atoms with E-state index in [1.807, 2.05) is 13.8 Å². The fourth-order valence-corrected chi connectivity index (χ4v) is 7.43. The van der Waals surface area contributed by atoms with E-state index in [0.717, 1.165) is 12.8 Å². The first-order chi connectivity index (χ1) is 25.0. The topological polar surface area (TPSA) is 192 Å². The SMILES string of the molecule is CCCCCCCCCCCCCCCCCCOC[C@H](COP(=O)(O)OC[C@H]1O[C@@](C=NC)(c2ccc3c(N)ncnn23)[C@H](O)[C@@H]1O)OC(C)C. The average Bonchev–Trinajstić information content (AvgIpc) is 3.66. The van der Waals surface area contributed by atoms with Crippen LogP contribution in [0.2, 0.25) is 0 Å². The Morgan fingerprint density at radius 1 is 0.962 bits per heavy atom. The van der Waals surface area contributed by atoms with Gasteiger partial charge in [0.2, 0.25) is 0 Å². The Morgan fingerprint density at radius 3 is 2.13 bits per heavy atom. The van der Waals surface area contributed by atoms with Gasteiger partial charge in [-0.25, -0.2) is 14.1 Å². The number of anilines is 1. The third-order valence-corrected chi connectivity index (χ3v) is 10.4. The Hall–Kier alpha value is -2.00. The molecule has 3 heterocycles. The number of aliphatic hydroxyl groups excluding tert-OH is 2. The number of nitrogen functional groups attached to an aromatic ring is 1. The molecule has 298 valence electrons. The maximum Gasteiger partial charge on any atom is 0.472 e. The molecular weight excluding hydrogens is 689 g/mol. The summed E-state index contributed by atoms with van der Waals surface area (Å²) < 4.78 is 42.6. The predicted octanol–water partition coefficient (Wildman–Crippen LogP) is 6.53. The lowest BCUT2D eigenvalue weighted by molar-refractivity contribution is -0.0724. The van der Waals surface area contributed by atoms with Crippen molar-refractivity contribution in [1.29, 1.82) is 0 Å². The number of hydrogen-bond donors (Lipinski definition) is 4. The molecule has 0 aromatic carbocycles. The summed E-state index contributed by atoms with van der Waals surface area (Å²) in [5.41, 5.74) is 5.10. The minimum absolute atomic E-state index is 0.158. The third-order valence-electron chi connectivity index (χ3n) is 9.43. The second kappa shape index (κ2) is 23.7. The molecule has 14 nitrogen and oxygen atoms in total. The van der Waals surface area contributed by atoms with Crippen molar-refractivity contribution in [2.24, 2.45) is 4.99 Å². The molecule has 6 atom stereocenters. The quantitative estimate of drug-likeness (QED) is 0.0399. The summed E-state index contributed by atoms with van der Waals surface area (Å²) in [7, 11) is -3.12. The molecule has 52 heavy (non-hydrogen) atoms. The lowest BCUT2D eigenvalue weighted by Gasteiger charge is -2.27. The van der Waals surface area contributed by atoms with Gasteiger partial charge in [-0.05, 0) is 32.4 Å². The largest absolute Gasteiger partial charge is 0.472 e. The molecule has 3 rings (SSSR count). The van der Waals surface area contributed by atoms with Crippen molar-refractivity contribution in [1.82, 2.24) is 14.6 Å². The van der Waals surface area contributed by atoms with E-state index in [1.165, 1.54) is 114 Å². The molecule has 1 saturated heterocycles. The van der Waals surface area contributed by atoms with Crippen LogP contribution in [-0.2, 0) is 33.4 Å². The van der Waals surface area contributed by atoms with Gasteiger partial charge < -0.3 is 35.1 Å². The molecule has 15 heteroatoms. The van der Waals surface area contributed by atoms with Gasteiger partial charge in [0.1, 0.15) is 36.3 Å². The van der Waals surface area contributed by atoms with Crippen LogP contribution in [0.4, 0.5) is 5.82 Å². The molecule has 1 aliphatic rings. The maximum absolute atomic E-state index is 12.9. The Morgan fingerprint density at radius 2 is 1.56 bits per heavy atom. The average molecular weight is 756 g/mol. The van der Waals surface area contributed by atoms with Crippen LogP contribution in [0.1, 0.15) is 129 Å². The second-order valence-corrected chi connectivity index (χ2v) is 15.6. The lowest BCUT2D eigenvalue weighted by atomic mass is 9.92. The molecule has 1 fully saturated rings. The highest BCUT2D eigenvalue weighted by molar-refractivity contribution is 7.47. The molecule has 0 bridgehead atoms. The van der Waals surface area contributed by atoms with E-state index >= 15 is 0 Å². The van der Waals surface area contributed by atoms with Crippen molar-refractivity contribution < 1.29 is 42.9 Å². The number of nitrogens with two attached hydrogens (primary N) is 1. The summed E-state index contributed by atoms with van der Waals surface area (Å²) in [6.07, 6.45) is 18.5. The number of phosphoric acid groups is 1. The van der Waals surface area contributed by atoms with E-state index in [4.69, 9.17) is 29.0 Å². The molecule has 5 N–H and O–H groups in total. The van der Waals surface area contributed by atoms with E-state index in [1.54, 1.807) is 12.1 Å². The zero-order valence-corrected chi connectivity index (χ0v) is 32.8. The van der Waals surface area contributed by atoms with E-state index in [9.17, 15) is 19.7 Å². The van der Waals surface area contributed by atoms with Crippen LogP contribution in [0.5, 0.6) is 0 Å². The smallest absolute Gasteiger partial charge is 0.387 e. The van der Waals surface area contributed by atoms with Crippen molar-refractivity contribution >= 4 is 25.4 Å². The van der Waals surface area contributed by atoms with E-state index in [0.29, 0.717) is 17.8 Å². The Labute approximate surface area is 310 Å².